The molecule has 1 aliphatic rings. The Morgan fingerprint density at radius 2 is 1.70 bits per heavy atom. The highest BCUT2D eigenvalue weighted by Crippen LogP contribution is 2.26. The van der Waals surface area contributed by atoms with Gasteiger partial charge in [0.15, 0.2) is 0 Å². The predicted molar refractivity (Wildman–Crippen MR) is 146 cm³/mol. The molecular formula is C28H38Cl2N2O5. The quantitative estimate of drug-likeness (QED) is 0.285. The highest BCUT2D eigenvalue weighted by Gasteiger charge is 2.29. The summed E-state index contributed by atoms with van der Waals surface area (Å²) in [4.78, 5) is 17.5. The Morgan fingerprint density at radius 3 is 2.41 bits per heavy atom. The number of amides is 1. The summed E-state index contributed by atoms with van der Waals surface area (Å²) < 4.78 is 21.9. The number of methoxy groups -OCH3 is 1. The SMILES string of the molecule is COCCOCCOCCO[C@H]1CCN(C[C@H](c2ccccc2)N(C)C(=O)Cc2ccc(Cl)c(Cl)c2)C1. The molecule has 0 unspecified atom stereocenters. The summed E-state index contributed by atoms with van der Waals surface area (Å²) in [5.74, 6) is 0.0302. The van der Waals surface area contributed by atoms with Crippen molar-refractivity contribution in [2.24, 2.45) is 0 Å². The van der Waals surface area contributed by atoms with Gasteiger partial charge in [-0.1, -0.05) is 59.6 Å². The second kappa shape index (κ2) is 16.3. The van der Waals surface area contributed by atoms with Gasteiger partial charge in [-0.2, -0.15) is 0 Å². The second-order valence-electron chi connectivity index (χ2n) is 9.11. The van der Waals surface area contributed by atoms with Crippen LogP contribution in [0.25, 0.3) is 0 Å². The van der Waals surface area contributed by atoms with E-state index in [1.165, 1.54) is 0 Å². The summed E-state index contributed by atoms with van der Waals surface area (Å²) in [6, 6.07) is 15.4. The first-order valence-electron chi connectivity index (χ1n) is 12.7. The Bertz CT molecular complexity index is 949. The zero-order valence-corrected chi connectivity index (χ0v) is 23.3. The van der Waals surface area contributed by atoms with E-state index in [1.807, 2.05) is 36.2 Å². The van der Waals surface area contributed by atoms with Crippen LogP contribution in [0.1, 0.15) is 23.6 Å². The molecular weight excluding hydrogens is 515 g/mol. The number of nitrogens with zero attached hydrogens (tertiary/aromatic N) is 2. The Balaban J connectivity index is 1.47. The van der Waals surface area contributed by atoms with Crippen LogP contribution in [0.15, 0.2) is 48.5 Å². The van der Waals surface area contributed by atoms with Crippen LogP contribution in [-0.4, -0.2) is 95.2 Å². The number of carbonyl (C=O) groups excluding carboxylic acids is 1. The van der Waals surface area contributed by atoms with Crippen molar-refractivity contribution in [3.8, 4) is 0 Å². The molecule has 2 aromatic rings. The average molecular weight is 554 g/mol. The van der Waals surface area contributed by atoms with Crippen molar-refractivity contribution in [3.05, 3.63) is 69.7 Å². The molecule has 3 rings (SSSR count). The molecule has 0 aromatic heterocycles. The summed E-state index contributed by atoms with van der Waals surface area (Å²) >= 11 is 12.2. The minimum atomic E-state index is -0.0725. The number of ether oxygens (including phenoxy) is 4. The molecule has 0 aliphatic carbocycles. The molecule has 0 spiro atoms. The van der Waals surface area contributed by atoms with Crippen molar-refractivity contribution in [2.75, 3.05) is 73.4 Å². The number of likely N-dealkylation sites (N-methyl/N-ethyl adjacent to an activating group) is 1. The largest absolute Gasteiger partial charge is 0.382 e. The van der Waals surface area contributed by atoms with E-state index in [-0.39, 0.29) is 24.5 Å². The fraction of sp³-hybridized carbons (Fsp3) is 0.536. The van der Waals surface area contributed by atoms with Gasteiger partial charge in [0.05, 0.1) is 68.3 Å². The molecule has 204 valence electrons. The van der Waals surface area contributed by atoms with Crippen LogP contribution in [0.2, 0.25) is 10.0 Å². The van der Waals surface area contributed by atoms with Crippen molar-refractivity contribution < 1.29 is 23.7 Å². The molecule has 1 aliphatic heterocycles. The van der Waals surface area contributed by atoms with E-state index in [4.69, 9.17) is 42.1 Å². The third-order valence-electron chi connectivity index (χ3n) is 6.43. The molecule has 37 heavy (non-hydrogen) atoms. The zero-order valence-electron chi connectivity index (χ0n) is 21.7. The van der Waals surface area contributed by atoms with Crippen molar-refractivity contribution in [1.29, 1.82) is 0 Å². The number of halogens is 2. The maximum Gasteiger partial charge on any atom is 0.227 e. The first-order valence-corrected chi connectivity index (χ1v) is 13.5. The number of benzene rings is 2. The molecule has 7 nitrogen and oxygen atoms in total. The first-order chi connectivity index (χ1) is 18.0. The predicted octanol–water partition coefficient (Wildman–Crippen LogP) is 4.51. The maximum atomic E-state index is 13.2. The lowest BCUT2D eigenvalue weighted by Gasteiger charge is -2.32. The number of likely N-dealkylation sites (tertiary alicyclic amines) is 1. The molecule has 0 radical (unpaired) electrons. The Labute approximate surface area is 230 Å². The smallest absolute Gasteiger partial charge is 0.227 e. The number of hydrogen-bond donors (Lipinski definition) is 0. The van der Waals surface area contributed by atoms with E-state index in [1.54, 1.807) is 19.2 Å². The lowest BCUT2D eigenvalue weighted by atomic mass is 10.0. The normalized spacial score (nSPS) is 16.7. The fourth-order valence-electron chi connectivity index (χ4n) is 4.33. The average Bonchev–Trinajstić information content (AvgIpc) is 3.36. The summed E-state index contributed by atoms with van der Waals surface area (Å²) in [6.45, 7) is 5.87. The standard InChI is InChI=1S/C28H38Cl2N2O5/c1-31(28(33)19-22-8-9-25(29)26(30)18-22)27(23-6-4-3-5-7-23)21-32-11-10-24(20-32)37-17-16-36-15-14-35-13-12-34-2/h3-9,18,24,27H,10-17,19-21H2,1-2H3/t24-,27+/m0/s1. The molecule has 1 fully saturated rings. The minimum Gasteiger partial charge on any atom is -0.382 e. The van der Waals surface area contributed by atoms with Crippen LogP contribution in [0, 0.1) is 0 Å². The second-order valence-corrected chi connectivity index (χ2v) is 9.93. The molecule has 1 saturated heterocycles. The van der Waals surface area contributed by atoms with Gasteiger partial charge in [0.2, 0.25) is 5.91 Å². The molecule has 2 atom stereocenters. The Hall–Kier alpha value is -1.71. The number of rotatable bonds is 16. The van der Waals surface area contributed by atoms with E-state index in [9.17, 15) is 4.79 Å². The van der Waals surface area contributed by atoms with Crippen molar-refractivity contribution >= 4 is 29.1 Å². The van der Waals surface area contributed by atoms with Crippen LogP contribution in [0.5, 0.6) is 0 Å². The van der Waals surface area contributed by atoms with Gasteiger partial charge < -0.3 is 23.8 Å². The van der Waals surface area contributed by atoms with Gasteiger partial charge in [-0.05, 0) is 29.7 Å². The molecule has 0 bridgehead atoms. The van der Waals surface area contributed by atoms with E-state index < -0.39 is 0 Å². The summed E-state index contributed by atoms with van der Waals surface area (Å²) in [5, 5.41) is 0.941. The van der Waals surface area contributed by atoms with Gasteiger partial charge >= 0.3 is 0 Å². The third-order valence-corrected chi connectivity index (χ3v) is 7.17. The maximum absolute atomic E-state index is 13.2. The van der Waals surface area contributed by atoms with Crippen LogP contribution in [0.4, 0.5) is 0 Å². The highest BCUT2D eigenvalue weighted by atomic mass is 35.5. The van der Waals surface area contributed by atoms with Crippen molar-refractivity contribution in [1.82, 2.24) is 9.80 Å². The summed E-state index contributed by atoms with van der Waals surface area (Å²) in [5.41, 5.74) is 1.95. The molecule has 1 heterocycles. The first kappa shape index (κ1) is 29.8. The minimum absolute atomic E-state index is 0.0302. The van der Waals surface area contributed by atoms with Gasteiger partial charge in [-0.25, -0.2) is 0 Å². The van der Waals surface area contributed by atoms with Gasteiger partial charge in [0.25, 0.3) is 0 Å². The van der Waals surface area contributed by atoms with Crippen LogP contribution in [0.3, 0.4) is 0 Å². The fourth-order valence-corrected chi connectivity index (χ4v) is 4.65. The van der Waals surface area contributed by atoms with Crippen LogP contribution >= 0.6 is 23.2 Å². The van der Waals surface area contributed by atoms with E-state index in [2.05, 4.69) is 17.0 Å². The monoisotopic (exact) mass is 552 g/mol. The van der Waals surface area contributed by atoms with Crippen LogP contribution < -0.4 is 0 Å². The van der Waals surface area contributed by atoms with E-state index >= 15 is 0 Å². The topological polar surface area (TPSA) is 60.5 Å². The third kappa shape index (κ3) is 10.2. The van der Waals surface area contributed by atoms with E-state index in [0.29, 0.717) is 49.7 Å². The van der Waals surface area contributed by atoms with Crippen molar-refractivity contribution in [2.45, 2.75) is 25.0 Å². The Kier molecular flexibility index (Phi) is 13.1. The summed E-state index contributed by atoms with van der Waals surface area (Å²) in [7, 11) is 3.53. The van der Waals surface area contributed by atoms with Gasteiger partial charge in [0, 0.05) is 33.8 Å². The highest BCUT2D eigenvalue weighted by molar-refractivity contribution is 6.42. The Morgan fingerprint density at radius 1 is 1.00 bits per heavy atom. The zero-order chi connectivity index (χ0) is 26.5. The van der Waals surface area contributed by atoms with Gasteiger partial charge in [-0.15, -0.1) is 0 Å². The molecule has 2 aromatic carbocycles. The van der Waals surface area contributed by atoms with Crippen molar-refractivity contribution in [3.63, 3.8) is 0 Å². The lowest BCUT2D eigenvalue weighted by molar-refractivity contribution is -0.131. The lowest BCUT2D eigenvalue weighted by Crippen LogP contribution is -2.39. The van der Waals surface area contributed by atoms with Crippen LogP contribution in [-0.2, 0) is 30.2 Å². The molecule has 9 heteroatoms. The summed E-state index contributed by atoms with van der Waals surface area (Å²) in [6.07, 6.45) is 1.39. The molecule has 0 saturated carbocycles. The number of carbonyl (C=O) groups is 1. The van der Waals surface area contributed by atoms with Gasteiger partial charge in [-0.3, -0.25) is 9.69 Å². The number of hydrogen-bond acceptors (Lipinski definition) is 6. The van der Waals surface area contributed by atoms with E-state index in [0.717, 1.165) is 37.2 Å². The molecule has 0 N–H and O–H groups in total. The van der Waals surface area contributed by atoms with Gasteiger partial charge in [0.1, 0.15) is 0 Å². The molecule has 1 amide bonds.